The fourth-order valence-electron chi connectivity index (χ4n) is 1.26. The molecule has 8 heteroatoms. The van der Waals surface area contributed by atoms with Gasteiger partial charge in [0.15, 0.2) is 0 Å². The second-order valence-electron chi connectivity index (χ2n) is 5.87. The molecule has 0 bridgehead atoms. The van der Waals surface area contributed by atoms with Crippen LogP contribution in [0.25, 0.3) is 0 Å². The quantitative estimate of drug-likeness (QED) is 0.457. The number of carboxylic acid groups (broad SMARTS) is 1. The molecule has 0 fully saturated rings. The fraction of sp³-hybridized carbons (Fsp3) is 0.857. The van der Waals surface area contributed by atoms with Crippen molar-refractivity contribution in [2.75, 3.05) is 6.61 Å². The van der Waals surface area contributed by atoms with Gasteiger partial charge in [0, 0.05) is 12.8 Å². The number of esters is 1. The molecule has 0 heterocycles. The van der Waals surface area contributed by atoms with Gasteiger partial charge in [0.1, 0.15) is 21.0 Å². The SMILES string of the molecule is CC(C)(F)CC(Br)C(=O)O.CCOC(=O)C(Br)CC(C)(C)F. The van der Waals surface area contributed by atoms with E-state index in [1.807, 2.05) is 0 Å². The van der Waals surface area contributed by atoms with Gasteiger partial charge < -0.3 is 9.84 Å². The van der Waals surface area contributed by atoms with Gasteiger partial charge in [0.2, 0.25) is 0 Å². The number of hydrogen-bond acceptors (Lipinski definition) is 3. The minimum Gasteiger partial charge on any atom is -0.480 e. The summed E-state index contributed by atoms with van der Waals surface area (Å²) in [5.41, 5.74) is -2.77. The van der Waals surface area contributed by atoms with Gasteiger partial charge in [-0.15, -0.1) is 0 Å². The van der Waals surface area contributed by atoms with Crippen molar-refractivity contribution in [1.29, 1.82) is 0 Å². The number of carbonyl (C=O) groups is 2. The Hall–Kier alpha value is -0.240. The molecule has 0 spiro atoms. The van der Waals surface area contributed by atoms with E-state index >= 15 is 0 Å². The van der Waals surface area contributed by atoms with Crippen molar-refractivity contribution in [3.63, 3.8) is 0 Å². The summed E-state index contributed by atoms with van der Waals surface area (Å²) in [6.07, 6.45) is 0.119. The van der Waals surface area contributed by atoms with Gasteiger partial charge in [-0.05, 0) is 34.6 Å². The van der Waals surface area contributed by atoms with Crippen LogP contribution in [0.4, 0.5) is 8.78 Å². The van der Waals surface area contributed by atoms with Crippen LogP contribution in [0.3, 0.4) is 0 Å². The zero-order valence-corrected chi connectivity index (χ0v) is 16.6. The highest BCUT2D eigenvalue weighted by molar-refractivity contribution is 9.10. The molecule has 22 heavy (non-hydrogen) atoms. The van der Waals surface area contributed by atoms with E-state index in [-0.39, 0.29) is 12.8 Å². The van der Waals surface area contributed by atoms with E-state index in [1.165, 1.54) is 27.7 Å². The molecular formula is C14H24Br2F2O4. The van der Waals surface area contributed by atoms with Gasteiger partial charge in [-0.1, -0.05) is 31.9 Å². The third kappa shape index (κ3) is 16.1. The Kier molecular flexibility index (Phi) is 11.5. The predicted octanol–water partition coefficient (Wildman–Crippen LogP) is 4.42. The van der Waals surface area contributed by atoms with Crippen LogP contribution in [0.15, 0.2) is 0 Å². The normalized spacial score (nSPS) is 14.4. The van der Waals surface area contributed by atoms with Gasteiger partial charge in [-0.25, -0.2) is 8.78 Å². The molecule has 0 rings (SSSR count). The zero-order valence-electron chi connectivity index (χ0n) is 13.5. The van der Waals surface area contributed by atoms with Crippen molar-refractivity contribution in [3.05, 3.63) is 0 Å². The molecule has 0 aliphatic heterocycles. The van der Waals surface area contributed by atoms with Crippen LogP contribution in [0, 0.1) is 0 Å². The largest absolute Gasteiger partial charge is 0.480 e. The average molecular weight is 454 g/mol. The molecule has 0 amide bonds. The molecule has 2 unspecified atom stereocenters. The summed E-state index contributed by atoms with van der Waals surface area (Å²) in [6.45, 7) is 7.61. The third-order valence-electron chi connectivity index (χ3n) is 2.14. The molecular weight excluding hydrogens is 430 g/mol. The van der Waals surface area contributed by atoms with Crippen LogP contribution in [-0.2, 0) is 14.3 Å². The summed E-state index contributed by atoms with van der Waals surface area (Å²) >= 11 is 5.90. The molecule has 132 valence electrons. The average Bonchev–Trinajstić information content (AvgIpc) is 2.25. The smallest absolute Gasteiger partial charge is 0.319 e. The Labute approximate surface area is 147 Å². The Morgan fingerprint density at radius 1 is 1.05 bits per heavy atom. The molecule has 0 radical (unpaired) electrons. The lowest BCUT2D eigenvalue weighted by atomic mass is 10.1. The van der Waals surface area contributed by atoms with Crippen LogP contribution in [0.2, 0.25) is 0 Å². The maximum atomic E-state index is 13.0. The highest BCUT2D eigenvalue weighted by atomic mass is 79.9. The topological polar surface area (TPSA) is 63.6 Å². The van der Waals surface area contributed by atoms with Crippen molar-refractivity contribution < 1.29 is 28.2 Å². The first-order valence-corrected chi connectivity index (χ1v) is 8.58. The van der Waals surface area contributed by atoms with Crippen molar-refractivity contribution in [1.82, 2.24) is 0 Å². The standard InChI is InChI=1S/C8H14BrFO2.C6H10BrFO2/c1-4-12-7(11)6(9)5-8(2,3)10;1-6(2,8)3-4(7)5(9)10/h6H,4-5H2,1-3H3;4H,3H2,1-2H3,(H,9,10). The number of aliphatic carboxylic acids is 1. The van der Waals surface area contributed by atoms with Crippen molar-refractivity contribution in [2.24, 2.45) is 0 Å². The lowest BCUT2D eigenvalue weighted by Crippen LogP contribution is -2.25. The van der Waals surface area contributed by atoms with Gasteiger partial charge >= 0.3 is 11.9 Å². The third-order valence-corrected chi connectivity index (χ3v) is 3.55. The number of alkyl halides is 4. The number of rotatable bonds is 7. The first kappa shape index (κ1) is 24.0. The molecule has 0 aromatic carbocycles. The van der Waals surface area contributed by atoms with Crippen LogP contribution < -0.4 is 0 Å². The number of hydrogen-bond donors (Lipinski definition) is 1. The van der Waals surface area contributed by atoms with Crippen molar-refractivity contribution >= 4 is 43.8 Å². The highest BCUT2D eigenvalue weighted by Gasteiger charge is 2.26. The molecule has 1 N–H and O–H groups in total. The molecule has 0 aliphatic rings. The van der Waals surface area contributed by atoms with Gasteiger partial charge in [0.25, 0.3) is 0 Å². The second-order valence-corrected chi connectivity index (χ2v) is 8.08. The maximum absolute atomic E-state index is 13.0. The maximum Gasteiger partial charge on any atom is 0.319 e. The molecule has 4 nitrogen and oxygen atoms in total. The minimum atomic E-state index is -1.42. The Morgan fingerprint density at radius 3 is 1.64 bits per heavy atom. The van der Waals surface area contributed by atoms with Gasteiger partial charge in [-0.2, -0.15) is 0 Å². The number of carboxylic acids is 1. The zero-order chi connectivity index (χ0) is 18.1. The van der Waals surface area contributed by atoms with Crippen LogP contribution in [-0.4, -0.2) is 44.6 Å². The van der Waals surface area contributed by atoms with Crippen LogP contribution >= 0.6 is 31.9 Å². The summed E-state index contributed by atoms with van der Waals surface area (Å²) in [5, 5.41) is 8.33. The van der Waals surface area contributed by atoms with Crippen molar-refractivity contribution in [3.8, 4) is 0 Å². The Bertz CT molecular complexity index is 352. The van der Waals surface area contributed by atoms with Crippen LogP contribution in [0.5, 0.6) is 0 Å². The van der Waals surface area contributed by atoms with Gasteiger partial charge in [-0.3, -0.25) is 9.59 Å². The van der Waals surface area contributed by atoms with Crippen LogP contribution in [0.1, 0.15) is 47.5 Å². The van der Waals surface area contributed by atoms with E-state index in [9.17, 15) is 18.4 Å². The molecule has 2 atom stereocenters. The van der Waals surface area contributed by atoms with E-state index < -0.39 is 32.9 Å². The lowest BCUT2D eigenvalue weighted by molar-refractivity contribution is -0.143. The second kappa shape index (κ2) is 10.5. The highest BCUT2D eigenvalue weighted by Crippen LogP contribution is 2.22. The number of ether oxygens (including phenoxy) is 1. The van der Waals surface area contributed by atoms with E-state index in [4.69, 9.17) is 9.84 Å². The number of carbonyl (C=O) groups excluding carboxylic acids is 1. The summed E-state index contributed by atoms with van der Waals surface area (Å²) in [4.78, 5) is 19.8. The molecule has 0 saturated carbocycles. The van der Waals surface area contributed by atoms with E-state index in [0.29, 0.717) is 6.61 Å². The Morgan fingerprint density at radius 2 is 1.41 bits per heavy atom. The van der Waals surface area contributed by atoms with E-state index in [1.54, 1.807) is 6.92 Å². The lowest BCUT2D eigenvalue weighted by Gasteiger charge is -2.16. The fourth-order valence-corrected chi connectivity index (χ4v) is 2.93. The summed E-state index contributed by atoms with van der Waals surface area (Å²) < 4.78 is 30.4. The molecule has 0 aromatic rings. The Balaban J connectivity index is 0. The van der Waals surface area contributed by atoms with Crippen molar-refractivity contribution in [2.45, 2.75) is 68.5 Å². The van der Waals surface area contributed by atoms with E-state index in [2.05, 4.69) is 31.9 Å². The monoisotopic (exact) mass is 452 g/mol. The first-order chi connectivity index (χ1) is 9.69. The van der Waals surface area contributed by atoms with E-state index in [0.717, 1.165) is 0 Å². The summed E-state index contributed by atoms with van der Waals surface area (Å²) in [7, 11) is 0. The van der Waals surface area contributed by atoms with Gasteiger partial charge in [0.05, 0.1) is 6.61 Å². The first-order valence-electron chi connectivity index (χ1n) is 6.75. The summed E-state index contributed by atoms with van der Waals surface area (Å²) in [5.74, 6) is -1.42. The molecule has 0 saturated heterocycles. The predicted molar refractivity (Wildman–Crippen MR) is 89.3 cm³/mol. The summed E-state index contributed by atoms with van der Waals surface area (Å²) in [6, 6.07) is 0. The molecule has 0 aliphatic carbocycles. The molecule has 0 aromatic heterocycles. The number of halogens is 4. The minimum absolute atomic E-state index is 0.0116.